The van der Waals surface area contributed by atoms with Crippen LogP contribution in [0, 0.1) is 23.7 Å². The van der Waals surface area contributed by atoms with Gasteiger partial charge in [0.15, 0.2) is 0 Å². The maximum absolute atomic E-state index is 9.80. The third-order valence-corrected chi connectivity index (χ3v) is 7.15. The molecular formula is C24H48O4. The van der Waals surface area contributed by atoms with Gasteiger partial charge in [0.1, 0.15) is 6.79 Å². The van der Waals surface area contributed by atoms with Gasteiger partial charge < -0.3 is 19.3 Å². The summed E-state index contributed by atoms with van der Waals surface area (Å²) in [7, 11) is 1.68. The molecular weight excluding hydrogens is 352 g/mol. The molecule has 2 saturated carbocycles. The predicted octanol–water partition coefficient (Wildman–Crippen LogP) is 5.81. The fourth-order valence-electron chi connectivity index (χ4n) is 5.49. The molecule has 0 aromatic carbocycles. The minimum atomic E-state index is -0.360. The normalized spacial score (nSPS) is 37.7. The first-order chi connectivity index (χ1) is 13.2. The van der Waals surface area contributed by atoms with E-state index in [2.05, 4.69) is 34.6 Å². The molecule has 0 bridgehead atoms. The molecule has 28 heavy (non-hydrogen) atoms. The van der Waals surface area contributed by atoms with Gasteiger partial charge in [-0.3, -0.25) is 0 Å². The third kappa shape index (κ3) is 8.30. The molecule has 2 fully saturated rings. The van der Waals surface area contributed by atoms with E-state index in [9.17, 15) is 5.11 Å². The van der Waals surface area contributed by atoms with E-state index in [4.69, 9.17) is 14.2 Å². The number of hydrogen-bond donors (Lipinski definition) is 1. The highest BCUT2D eigenvalue weighted by molar-refractivity contribution is 4.92. The third-order valence-electron chi connectivity index (χ3n) is 7.15. The molecule has 1 N–H and O–H groups in total. The van der Waals surface area contributed by atoms with Crippen LogP contribution >= 0.6 is 0 Å². The Hall–Kier alpha value is -0.160. The Balaban J connectivity index is 0.000000307. The SMILES string of the molecule is CCC1CC(C)(O)CC1CC.CCC1CC(C)(OCOCCOC)CC1CC. The van der Waals surface area contributed by atoms with Crippen LogP contribution in [0.3, 0.4) is 0 Å². The molecule has 0 spiro atoms. The van der Waals surface area contributed by atoms with Crippen molar-refractivity contribution >= 4 is 0 Å². The topological polar surface area (TPSA) is 47.9 Å². The lowest BCUT2D eigenvalue weighted by Gasteiger charge is -2.25. The van der Waals surface area contributed by atoms with Crippen molar-refractivity contribution in [3.63, 3.8) is 0 Å². The molecule has 0 saturated heterocycles. The first kappa shape index (κ1) is 25.9. The van der Waals surface area contributed by atoms with Crippen molar-refractivity contribution in [3.05, 3.63) is 0 Å². The standard InChI is InChI=1S/C14H28O3.C10H20O/c1-5-12-9-14(3,10-13(12)6-2)17-11-16-8-7-15-4;1-4-8-6-10(3,11)7-9(8)5-2/h12-13H,5-11H2,1-4H3;8-9,11H,4-7H2,1-3H3. The van der Waals surface area contributed by atoms with Crippen LogP contribution < -0.4 is 0 Å². The van der Waals surface area contributed by atoms with E-state index in [1.165, 1.54) is 38.5 Å². The highest BCUT2D eigenvalue weighted by atomic mass is 16.7. The van der Waals surface area contributed by atoms with Crippen LogP contribution in [0.25, 0.3) is 0 Å². The van der Waals surface area contributed by atoms with Gasteiger partial charge in [0.25, 0.3) is 0 Å². The summed E-state index contributed by atoms with van der Waals surface area (Å²) in [5, 5.41) is 9.80. The Morgan fingerprint density at radius 2 is 1.18 bits per heavy atom. The van der Waals surface area contributed by atoms with Crippen LogP contribution in [0.4, 0.5) is 0 Å². The number of aliphatic hydroxyl groups is 1. The van der Waals surface area contributed by atoms with Gasteiger partial charge in [-0.1, -0.05) is 53.4 Å². The lowest BCUT2D eigenvalue weighted by Crippen LogP contribution is -2.27. The second kappa shape index (κ2) is 12.5. The quantitative estimate of drug-likeness (QED) is 0.371. The smallest absolute Gasteiger partial charge is 0.147 e. The Labute approximate surface area is 174 Å². The second-order valence-corrected chi connectivity index (χ2v) is 9.60. The fraction of sp³-hybridized carbons (Fsp3) is 1.00. The maximum atomic E-state index is 9.80. The summed E-state index contributed by atoms with van der Waals surface area (Å²) < 4.78 is 16.2. The van der Waals surface area contributed by atoms with Crippen LogP contribution in [0.1, 0.15) is 92.9 Å². The van der Waals surface area contributed by atoms with Crippen LogP contribution in [0.5, 0.6) is 0 Å². The van der Waals surface area contributed by atoms with Crippen molar-refractivity contribution in [3.8, 4) is 0 Å². The Morgan fingerprint density at radius 3 is 1.57 bits per heavy atom. The molecule has 0 aliphatic heterocycles. The minimum Gasteiger partial charge on any atom is -0.390 e. The average Bonchev–Trinajstić information content (AvgIpc) is 3.17. The molecule has 4 nitrogen and oxygen atoms in total. The molecule has 2 aliphatic carbocycles. The summed E-state index contributed by atoms with van der Waals surface area (Å²) in [5.74, 6) is 3.19. The van der Waals surface area contributed by atoms with Gasteiger partial charge in [-0.05, 0) is 63.2 Å². The average molecular weight is 401 g/mol. The zero-order valence-corrected chi connectivity index (χ0v) is 19.8. The van der Waals surface area contributed by atoms with Gasteiger partial charge in [0.2, 0.25) is 0 Å². The monoisotopic (exact) mass is 400 g/mol. The van der Waals surface area contributed by atoms with E-state index >= 15 is 0 Å². The first-order valence-electron chi connectivity index (χ1n) is 11.7. The van der Waals surface area contributed by atoms with E-state index in [0.29, 0.717) is 20.0 Å². The molecule has 0 radical (unpaired) electrons. The number of rotatable bonds is 10. The van der Waals surface area contributed by atoms with Crippen molar-refractivity contribution in [2.75, 3.05) is 27.1 Å². The lowest BCUT2D eigenvalue weighted by molar-refractivity contribution is -0.139. The highest BCUT2D eigenvalue weighted by Crippen LogP contribution is 2.44. The van der Waals surface area contributed by atoms with Gasteiger partial charge in [-0.25, -0.2) is 0 Å². The summed E-state index contributed by atoms with van der Waals surface area (Å²) in [4.78, 5) is 0. The molecule has 2 rings (SSSR count). The molecule has 2 aliphatic rings. The molecule has 4 heteroatoms. The van der Waals surface area contributed by atoms with Gasteiger partial charge in [0, 0.05) is 7.11 Å². The molecule has 0 amide bonds. The number of ether oxygens (including phenoxy) is 3. The van der Waals surface area contributed by atoms with Gasteiger partial charge in [-0.2, -0.15) is 0 Å². The van der Waals surface area contributed by atoms with Gasteiger partial charge in [-0.15, -0.1) is 0 Å². The van der Waals surface area contributed by atoms with Crippen LogP contribution in [-0.4, -0.2) is 43.4 Å². The number of methoxy groups -OCH3 is 1. The van der Waals surface area contributed by atoms with E-state index in [1.54, 1.807) is 7.11 Å². The maximum Gasteiger partial charge on any atom is 0.147 e. The molecule has 0 heterocycles. The van der Waals surface area contributed by atoms with E-state index in [-0.39, 0.29) is 11.2 Å². The van der Waals surface area contributed by atoms with Crippen molar-refractivity contribution in [2.24, 2.45) is 23.7 Å². The van der Waals surface area contributed by atoms with Crippen molar-refractivity contribution in [1.82, 2.24) is 0 Å². The van der Waals surface area contributed by atoms with Crippen molar-refractivity contribution in [1.29, 1.82) is 0 Å². The van der Waals surface area contributed by atoms with E-state index in [0.717, 1.165) is 36.5 Å². The van der Waals surface area contributed by atoms with Crippen LogP contribution in [0.15, 0.2) is 0 Å². The summed E-state index contributed by atoms with van der Waals surface area (Å²) in [6, 6.07) is 0. The molecule has 0 aromatic rings. The van der Waals surface area contributed by atoms with Crippen molar-refractivity contribution < 1.29 is 19.3 Å². The van der Waals surface area contributed by atoms with E-state index < -0.39 is 0 Å². The highest BCUT2D eigenvalue weighted by Gasteiger charge is 2.41. The van der Waals surface area contributed by atoms with Crippen LogP contribution in [-0.2, 0) is 14.2 Å². The van der Waals surface area contributed by atoms with Crippen molar-refractivity contribution in [2.45, 2.75) is 104 Å². The molecule has 168 valence electrons. The summed E-state index contributed by atoms with van der Waals surface area (Å²) in [6.45, 7) is 14.9. The summed E-state index contributed by atoms with van der Waals surface area (Å²) in [6.07, 6.45) is 9.38. The fourth-order valence-corrected chi connectivity index (χ4v) is 5.49. The first-order valence-corrected chi connectivity index (χ1v) is 11.7. The lowest BCUT2D eigenvalue weighted by atomic mass is 9.92. The Morgan fingerprint density at radius 1 is 0.750 bits per heavy atom. The van der Waals surface area contributed by atoms with Gasteiger partial charge in [0.05, 0.1) is 24.4 Å². The zero-order valence-electron chi connectivity index (χ0n) is 19.8. The largest absolute Gasteiger partial charge is 0.390 e. The second-order valence-electron chi connectivity index (χ2n) is 9.60. The van der Waals surface area contributed by atoms with Gasteiger partial charge >= 0.3 is 0 Å². The Kier molecular flexibility index (Phi) is 11.6. The molecule has 4 unspecified atom stereocenters. The number of hydrogen-bond acceptors (Lipinski definition) is 4. The summed E-state index contributed by atoms with van der Waals surface area (Å²) >= 11 is 0. The van der Waals surface area contributed by atoms with E-state index in [1.807, 2.05) is 6.92 Å². The van der Waals surface area contributed by atoms with Crippen LogP contribution in [0.2, 0.25) is 0 Å². The zero-order chi connectivity index (χ0) is 21.2. The minimum absolute atomic E-state index is 0.0222. The molecule has 0 aromatic heterocycles. The Bertz CT molecular complexity index is 383. The molecule has 4 atom stereocenters. The predicted molar refractivity (Wildman–Crippen MR) is 116 cm³/mol. The summed E-state index contributed by atoms with van der Waals surface area (Å²) in [5.41, 5.74) is -0.338.